The molecule has 1 aliphatic heterocycles. The molecular formula is C9H10BrClN4O. The van der Waals surface area contributed by atoms with Gasteiger partial charge in [0.2, 0.25) is 11.2 Å². The van der Waals surface area contributed by atoms with E-state index in [1.807, 2.05) is 0 Å². The molecule has 1 fully saturated rings. The molecule has 5 nitrogen and oxygen atoms in total. The fraction of sp³-hybridized carbons (Fsp3) is 0.444. The predicted octanol–water partition coefficient (Wildman–Crippen LogP) is 1.54. The fourth-order valence-electron chi connectivity index (χ4n) is 1.57. The van der Waals surface area contributed by atoms with Gasteiger partial charge in [0.15, 0.2) is 0 Å². The molecule has 0 aliphatic carbocycles. The van der Waals surface area contributed by atoms with Crippen molar-refractivity contribution in [3.8, 4) is 0 Å². The van der Waals surface area contributed by atoms with Gasteiger partial charge in [-0.15, -0.1) is 0 Å². The third-order valence-corrected chi connectivity index (χ3v) is 3.22. The number of aromatic nitrogens is 2. The van der Waals surface area contributed by atoms with Crippen LogP contribution in [0.5, 0.6) is 0 Å². The lowest BCUT2D eigenvalue weighted by Crippen LogP contribution is -2.31. The summed E-state index contributed by atoms with van der Waals surface area (Å²) in [6, 6.07) is -0.229. The van der Waals surface area contributed by atoms with Gasteiger partial charge in [0.05, 0.1) is 4.47 Å². The Morgan fingerprint density at radius 1 is 1.69 bits per heavy atom. The standard InChI is InChI=1S/C9H10BrClN4O/c1-15-3-2-6(8(15)16)13-7-5(10)4-12-9(11)14-7/h4,6H,2-3H2,1H3,(H,12,13,14). The van der Waals surface area contributed by atoms with E-state index in [1.54, 1.807) is 18.1 Å². The Bertz CT molecular complexity index is 428. The van der Waals surface area contributed by atoms with Gasteiger partial charge in [-0.1, -0.05) is 0 Å². The summed E-state index contributed by atoms with van der Waals surface area (Å²) in [6.45, 7) is 0.757. The van der Waals surface area contributed by atoms with Crippen LogP contribution in [0.2, 0.25) is 5.28 Å². The minimum atomic E-state index is -0.229. The van der Waals surface area contributed by atoms with Gasteiger partial charge in [0.25, 0.3) is 0 Å². The van der Waals surface area contributed by atoms with E-state index in [9.17, 15) is 4.79 Å². The van der Waals surface area contributed by atoms with Crippen LogP contribution in [0.4, 0.5) is 5.82 Å². The molecule has 1 unspecified atom stereocenters. The summed E-state index contributed by atoms with van der Waals surface area (Å²) in [4.78, 5) is 21.2. The molecule has 0 aromatic carbocycles. The second-order valence-electron chi connectivity index (χ2n) is 3.58. The predicted molar refractivity (Wildman–Crippen MR) is 64.4 cm³/mol. The molecule has 1 aliphatic rings. The van der Waals surface area contributed by atoms with Crippen LogP contribution in [0.3, 0.4) is 0 Å². The number of hydrogen-bond acceptors (Lipinski definition) is 4. The maximum Gasteiger partial charge on any atom is 0.244 e. The van der Waals surface area contributed by atoms with E-state index in [0.29, 0.717) is 10.3 Å². The zero-order valence-electron chi connectivity index (χ0n) is 8.57. The van der Waals surface area contributed by atoms with Gasteiger partial charge in [-0.25, -0.2) is 4.98 Å². The van der Waals surface area contributed by atoms with Crippen LogP contribution in [0, 0.1) is 0 Å². The number of hydrogen-bond donors (Lipinski definition) is 1. The van der Waals surface area contributed by atoms with E-state index in [-0.39, 0.29) is 17.2 Å². The van der Waals surface area contributed by atoms with E-state index in [0.717, 1.165) is 13.0 Å². The van der Waals surface area contributed by atoms with Crippen molar-refractivity contribution in [3.05, 3.63) is 16.0 Å². The monoisotopic (exact) mass is 304 g/mol. The fourth-order valence-corrected chi connectivity index (χ4v) is 2.01. The minimum absolute atomic E-state index is 0.0710. The quantitative estimate of drug-likeness (QED) is 0.842. The summed E-state index contributed by atoms with van der Waals surface area (Å²) in [7, 11) is 1.78. The number of likely N-dealkylation sites (tertiary alicyclic amines) is 1. The normalized spacial score (nSPS) is 20.3. The highest BCUT2D eigenvalue weighted by atomic mass is 79.9. The van der Waals surface area contributed by atoms with Gasteiger partial charge in [-0.05, 0) is 34.0 Å². The van der Waals surface area contributed by atoms with Crippen LogP contribution in [-0.4, -0.2) is 40.4 Å². The number of amides is 1. The molecule has 1 N–H and O–H groups in total. The molecule has 1 aromatic heterocycles. The molecule has 0 saturated carbocycles. The molecule has 16 heavy (non-hydrogen) atoms. The molecule has 0 spiro atoms. The molecule has 7 heteroatoms. The van der Waals surface area contributed by atoms with Crippen LogP contribution < -0.4 is 5.32 Å². The third-order valence-electron chi connectivity index (χ3n) is 2.45. The topological polar surface area (TPSA) is 58.1 Å². The van der Waals surface area contributed by atoms with Gasteiger partial charge in [0.1, 0.15) is 11.9 Å². The van der Waals surface area contributed by atoms with E-state index in [1.165, 1.54) is 0 Å². The highest BCUT2D eigenvalue weighted by Gasteiger charge is 2.29. The number of carbonyl (C=O) groups excluding carboxylic acids is 1. The van der Waals surface area contributed by atoms with Crippen molar-refractivity contribution in [3.63, 3.8) is 0 Å². The molecule has 2 heterocycles. The molecular weight excluding hydrogens is 295 g/mol. The highest BCUT2D eigenvalue weighted by molar-refractivity contribution is 9.10. The Kier molecular flexibility index (Phi) is 3.30. The average Bonchev–Trinajstić information content (AvgIpc) is 2.55. The summed E-state index contributed by atoms with van der Waals surface area (Å²) < 4.78 is 0.694. The van der Waals surface area contributed by atoms with Crippen molar-refractivity contribution in [2.75, 3.05) is 18.9 Å². The van der Waals surface area contributed by atoms with E-state index in [4.69, 9.17) is 11.6 Å². The number of halogens is 2. The number of nitrogens with one attached hydrogen (secondary N) is 1. The van der Waals surface area contributed by atoms with Gasteiger partial charge < -0.3 is 10.2 Å². The maximum absolute atomic E-state index is 11.7. The first-order valence-electron chi connectivity index (χ1n) is 4.77. The van der Waals surface area contributed by atoms with Gasteiger partial charge in [-0.2, -0.15) is 4.98 Å². The Morgan fingerprint density at radius 2 is 2.44 bits per heavy atom. The van der Waals surface area contributed by atoms with Crippen molar-refractivity contribution in [2.45, 2.75) is 12.5 Å². The molecule has 1 aromatic rings. The summed E-state index contributed by atoms with van der Waals surface area (Å²) in [6.07, 6.45) is 2.32. The van der Waals surface area contributed by atoms with Crippen molar-refractivity contribution in [1.29, 1.82) is 0 Å². The molecule has 2 rings (SSSR count). The van der Waals surface area contributed by atoms with E-state index >= 15 is 0 Å². The van der Waals surface area contributed by atoms with Crippen LogP contribution in [-0.2, 0) is 4.79 Å². The molecule has 0 bridgehead atoms. The van der Waals surface area contributed by atoms with Crippen molar-refractivity contribution < 1.29 is 4.79 Å². The molecule has 0 radical (unpaired) electrons. The lowest BCUT2D eigenvalue weighted by molar-refractivity contribution is -0.127. The van der Waals surface area contributed by atoms with Crippen LogP contribution in [0.25, 0.3) is 0 Å². The summed E-state index contributed by atoms with van der Waals surface area (Å²) in [5.74, 6) is 0.621. The lowest BCUT2D eigenvalue weighted by Gasteiger charge is -2.13. The largest absolute Gasteiger partial charge is 0.357 e. The van der Waals surface area contributed by atoms with Crippen LogP contribution in [0.15, 0.2) is 10.7 Å². The smallest absolute Gasteiger partial charge is 0.244 e. The third kappa shape index (κ3) is 2.27. The number of anilines is 1. The Hall–Kier alpha value is -0.880. The average molecular weight is 306 g/mol. The van der Waals surface area contributed by atoms with Crippen molar-refractivity contribution >= 4 is 39.3 Å². The highest BCUT2D eigenvalue weighted by Crippen LogP contribution is 2.23. The zero-order chi connectivity index (χ0) is 11.7. The summed E-state index contributed by atoms with van der Waals surface area (Å²) in [5, 5.41) is 3.21. The number of likely N-dealkylation sites (N-methyl/N-ethyl adjacent to an activating group) is 1. The number of carbonyl (C=O) groups is 1. The van der Waals surface area contributed by atoms with Gasteiger partial charge >= 0.3 is 0 Å². The lowest BCUT2D eigenvalue weighted by atomic mass is 10.2. The van der Waals surface area contributed by atoms with E-state index < -0.39 is 0 Å². The van der Waals surface area contributed by atoms with Crippen molar-refractivity contribution in [1.82, 2.24) is 14.9 Å². The Labute approximate surface area is 106 Å². The first-order chi connectivity index (χ1) is 7.58. The number of rotatable bonds is 2. The van der Waals surface area contributed by atoms with Crippen molar-refractivity contribution in [2.24, 2.45) is 0 Å². The molecule has 86 valence electrons. The number of nitrogens with zero attached hydrogens (tertiary/aromatic N) is 3. The van der Waals surface area contributed by atoms with Crippen LogP contribution >= 0.6 is 27.5 Å². The minimum Gasteiger partial charge on any atom is -0.357 e. The Balaban J connectivity index is 2.15. The second kappa shape index (κ2) is 4.55. The molecule has 1 saturated heterocycles. The SMILES string of the molecule is CN1CCC(Nc2nc(Cl)ncc2Br)C1=O. The van der Waals surface area contributed by atoms with Gasteiger partial charge in [-0.3, -0.25) is 4.79 Å². The first-order valence-corrected chi connectivity index (χ1v) is 5.94. The maximum atomic E-state index is 11.7. The summed E-state index contributed by atoms with van der Waals surface area (Å²) in [5.41, 5.74) is 0. The Morgan fingerprint density at radius 3 is 3.06 bits per heavy atom. The zero-order valence-corrected chi connectivity index (χ0v) is 10.9. The summed E-state index contributed by atoms with van der Waals surface area (Å²) >= 11 is 8.99. The molecule has 1 amide bonds. The first kappa shape index (κ1) is 11.6. The van der Waals surface area contributed by atoms with Crippen LogP contribution in [0.1, 0.15) is 6.42 Å². The second-order valence-corrected chi connectivity index (χ2v) is 4.77. The van der Waals surface area contributed by atoms with Gasteiger partial charge in [0, 0.05) is 19.8 Å². The molecule has 1 atom stereocenters. The van der Waals surface area contributed by atoms with E-state index in [2.05, 4.69) is 31.2 Å².